The molecule has 0 N–H and O–H groups in total. The van der Waals surface area contributed by atoms with E-state index < -0.39 is 10.0 Å². The molecule has 0 unspecified atom stereocenters. The van der Waals surface area contributed by atoms with Crippen molar-refractivity contribution in [3.05, 3.63) is 16.3 Å². The van der Waals surface area contributed by atoms with E-state index in [-0.39, 0.29) is 22.6 Å². The molecule has 0 spiro atoms. The predicted molar refractivity (Wildman–Crippen MR) is 102 cm³/mol. The minimum absolute atomic E-state index is 0.132. The van der Waals surface area contributed by atoms with Gasteiger partial charge in [-0.2, -0.15) is 4.31 Å². The fourth-order valence-electron chi connectivity index (χ4n) is 3.91. The van der Waals surface area contributed by atoms with Gasteiger partial charge in [-0.1, -0.05) is 6.42 Å². The summed E-state index contributed by atoms with van der Waals surface area (Å²) in [5, 5.41) is 1.67. The zero-order valence-electron chi connectivity index (χ0n) is 15.3. The molecule has 0 radical (unpaired) electrons. The lowest BCUT2D eigenvalue weighted by molar-refractivity contribution is -0.139. The van der Waals surface area contributed by atoms with Crippen molar-refractivity contribution in [3.8, 4) is 0 Å². The Labute approximate surface area is 164 Å². The second-order valence-electron chi connectivity index (χ2n) is 7.47. The minimum Gasteiger partial charge on any atom is -0.339 e. The van der Waals surface area contributed by atoms with Gasteiger partial charge in [0.25, 0.3) is 5.91 Å². The Balaban J connectivity index is 1.44. The third kappa shape index (κ3) is 3.52. The van der Waals surface area contributed by atoms with Crippen LogP contribution in [0.1, 0.15) is 41.8 Å². The largest absolute Gasteiger partial charge is 0.339 e. The summed E-state index contributed by atoms with van der Waals surface area (Å²) in [5.41, 5.74) is 0. The monoisotopic (exact) mass is 411 g/mol. The summed E-state index contributed by atoms with van der Waals surface area (Å²) in [6, 6.07) is 1.54. The Kier molecular flexibility index (Phi) is 5.26. The first-order chi connectivity index (χ1) is 13.0. The van der Waals surface area contributed by atoms with Crippen LogP contribution in [0.3, 0.4) is 0 Å². The van der Waals surface area contributed by atoms with Gasteiger partial charge in [-0.25, -0.2) is 8.42 Å². The fraction of sp³-hybridized carbons (Fsp3) is 0.667. The predicted octanol–water partition coefficient (Wildman–Crippen LogP) is 1.62. The molecule has 4 rings (SSSR count). The Bertz CT molecular complexity index is 817. The van der Waals surface area contributed by atoms with Gasteiger partial charge in [-0.05, 0) is 37.1 Å². The highest BCUT2D eigenvalue weighted by Crippen LogP contribution is 2.30. The zero-order valence-corrected chi connectivity index (χ0v) is 16.9. The van der Waals surface area contributed by atoms with E-state index in [0.717, 1.165) is 32.1 Å². The van der Waals surface area contributed by atoms with Crippen LogP contribution < -0.4 is 0 Å². The number of thiophene rings is 1. The SMILES string of the molecule is O=C(c1sccc1S(=O)(=O)N1CCCC1)N1CCN(C(=O)C2CCC2)CC1. The van der Waals surface area contributed by atoms with Gasteiger partial charge < -0.3 is 9.80 Å². The molecule has 2 amide bonds. The number of sulfonamides is 1. The van der Waals surface area contributed by atoms with Crippen molar-refractivity contribution in [3.63, 3.8) is 0 Å². The van der Waals surface area contributed by atoms with E-state index in [0.29, 0.717) is 44.1 Å². The average Bonchev–Trinajstić information content (AvgIpc) is 3.31. The Morgan fingerprint density at radius 1 is 0.926 bits per heavy atom. The molecule has 3 fully saturated rings. The Morgan fingerprint density at radius 3 is 2.15 bits per heavy atom. The second-order valence-corrected chi connectivity index (χ2v) is 10.3. The van der Waals surface area contributed by atoms with Crippen molar-refractivity contribution in [1.82, 2.24) is 14.1 Å². The molecule has 0 aromatic carbocycles. The van der Waals surface area contributed by atoms with Crippen LogP contribution in [0, 0.1) is 5.92 Å². The van der Waals surface area contributed by atoms with Gasteiger partial charge >= 0.3 is 0 Å². The maximum atomic E-state index is 13.0. The molecule has 3 aliphatic rings. The number of piperazine rings is 1. The van der Waals surface area contributed by atoms with Crippen LogP contribution in [0.15, 0.2) is 16.3 Å². The van der Waals surface area contributed by atoms with Crippen molar-refractivity contribution in [2.24, 2.45) is 5.92 Å². The van der Waals surface area contributed by atoms with E-state index >= 15 is 0 Å². The lowest BCUT2D eigenvalue weighted by Gasteiger charge is -2.38. The molecule has 2 aliphatic heterocycles. The summed E-state index contributed by atoms with van der Waals surface area (Å²) in [5.74, 6) is 0.141. The molecular weight excluding hydrogens is 386 g/mol. The third-order valence-corrected chi connectivity index (χ3v) is 8.81. The molecule has 2 saturated heterocycles. The van der Waals surface area contributed by atoms with Crippen LogP contribution in [0.25, 0.3) is 0 Å². The molecule has 9 heteroatoms. The van der Waals surface area contributed by atoms with Gasteiger partial charge in [0.1, 0.15) is 9.77 Å². The molecular formula is C18H25N3O4S2. The topological polar surface area (TPSA) is 78.0 Å². The average molecular weight is 412 g/mol. The normalized spacial score (nSPS) is 22.1. The summed E-state index contributed by atoms with van der Waals surface area (Å²) < 4.78 is 27.2. The second kappa shape index (κ2) is 7.52. The smallest absolute Gasteiger partial charge is 0.265 e. The summed E-state index contributed by atoms with van der Waals surface area (Å²) in [6.07, 6.45) is 4.81. The van der Waals surface area contributed by atoms with Gasteiger partial charge in [-0.3, -0.25) is 9.59 Å². The standard InChI is InChI=1S/C18H25N3O4S2/c22-17(14-4-3-5-14)19-9-11-20(12-10-19)18(23)16-15(6-13-26-16)27(24,25)21-7-1-2-8-21/h6,13-14H,1-5,7-12H2. The molecule has 1 saturated carbocycles. The van der Waals surface area contributed by atoms with Crippen LogP contribution in [0.5, 0.6) is 0 Å². The van der Waals surface area contributed by atoms with Gasteiger partial charge in [-0.15, -0.1) is 11.3 Å². The quantitative estimate of drug-likeness (QED) is 0.754. The summed E-state index contributed by atoms with van der Waals surface area (Å²) >= 11 is 1.18. The van der Waals surface area contributed by atoms with Gasteiger partial charge in [0, 0.05) is 45.2 Å². The first kappa shape index (κ1) is 18.9. The van der Waals surface area contributed by atoms with E-state index in [1.807, 2.05) is 4.90 Å². The molecule has 7 nitrogen and oxygen atoms in total. The maximum Gasteiger partial charge on any atom is 0.265 e. The van der Waals surface area contributed by atoms with Crippen LogP contribution in [0.4, 0.5) is 0 Å². The van der Waals surface area contributed by atoms with Crippen LogP contribution >= 0.6 is 11.3 Å². The highest BCUT2D eigenvalue weighted by molar-refractivity contribution is 7.89. The summed E-state index contributed by atoms with van der Waals surface area (Å²) in [6.45, 7) is 3.01. The molecule has 1 aromatic heterocycles. The number of amides is 2. The number of carbonyl (C=O) groups excluding carboxylic acids is 2. The van der Waals surface area contributed by atoms with Gasteiger partial charge in [0.15, 0.2) is 0 Å². The molecule has 1 aromatic rings. The number of hydrogen-bond donors (Lipinski definition) is 0. The Hall–Kier alpha value is -1.45. The minimum atomic E-state index is -3.61. The highest BCUT2D eigenvalue weighted by Gasteiger charge is 2.35. The first-order valence-electron chi connectivity index (χ1n) is 9.64. The highest BCUT2D eigenvalue weighted by atomic mass is 32.2. The van der Waals surface area contributed by atoms with Crippen LogP contribution in [-0.4, -0.2) is 73.6 Å². The fourth-order valence-corrected chi connectivity index (χ4v) is 6.79. The molecule has 3 heterocycles. The maximum absolute atomic E-state index is 13.0. The first-order valence-corrected chi connectivity index (χ1v) is 12.0. The number of nitrogens with zero attached hydrogens (tertiary/aromatic N) is 3. The summed E-state index contributed by atoms with van der Waals surface area (Å²) in [7, 11) is -3.61. The zero-order chi connectivity index (χ0) is 19.0. The number of hydrogen-bond acceptors (Lipinski definition) is 5. The number of carbonyl (C=O) groups is 2. The van der Waals surface area contributed by atoms with Crippen molar-refractivity contribution in [2.45, 2.75) is 37.0 Å². The van der Waals surface area contributed by atoms with Crippen LogP contribution in [-0.2, 0) is 14.8 Å². The van der Waals surface area contributed by atoms with E-state index in [4.69, 9.17) is 0 Å². The van der Waals surface area contributed by atoms with E-state index in [1.165, 1.54) is 15.6 Å². The summed E-state index contributed by atoms with van der Waals surface area (Å²) in [4.78, 5) is 29.3. The van der Waals surface area contributed by atoms with E-state index in [1.54, 1.807) is 16.3 Å². The van der Waals surface area contributed by atoms with E-state index in [2.05, 4.69) is 0 Å². The molecule has 0 atom stereocenters. The molecule has 1 aliphatic carbocycles. The van der Waals surface area contributed by atoms with Crippen molar-refractivity contribution in [1.29, 1.82) is 0 Å². The lowest BCUT2D eigenvalue weighted by Crippen LogP contribution is -2.52. The van der Waals surface area contributed by atoms with Gasteiger partial charge in [0.2, 0.25) is 15.9 Å². The van der Waals surface area contributed by atoms with Crippen molar-refractivity contribution < 1.29 is 18.0 Å². The Morgan fingerprint density at radius 2 is 1.56 bits per heavy atom. The number of rotatable bonds is 4. The van der Waals surface area contributed by atoms with Crippen molar-refractivity contribution in [2.75, 3.05) is 39.3 Å². The van der Waals surface area contributed by atoms with Crippen molar-refractivity contribution >= 4 is 33.2 Å². The van der Waals surface area contributed by atoms with E-state index in [9.17, 15) is 18.0 Å². The van der Waals surface area contributed by atoms with Gasteiger partial charge in [0.05, 0.1) is 0 Å². The molecule has 148 valence electrons. The lowest BCUT2D eigenvalue weighted by atomic mass is 9.84. The van der Waals surface area contributed by atoms with Crippen LogP contribution in [0.2, 0.25) is 0 Å². The molecule has 0 bridgehead atoms. The third-order valence-electron chi connectivity index (χ3n) is 5.84. The molecule has 27 heavy (non-hydrogen) atoms.